The standard InChI is InChI=1S/C20H25N4/c1-2-3-13-19-21-15-18-16-22-24(20(18)23-19)14-9-5-8-12-17-10-6-4-7-11-17/h4,6-7,10-11,16H,2-3,5,8-9,12-14H2,1H3. The fourth-order valence-corrected chi connectivity index (χ4v) is 2.87. The molecule has 0 N–H and O–H groups in total. The van der Waals surface area contributed by atoms with E-state index in [4.69, 9.17) is 0 Å². The summed E-state index contributed by atoms with van der Waals surface area (Å²) in [6, 6.07) is 10.7. The number of fused-ring (bicyclic) bond motifs is 1. The van der Waals surface area contributed by atoms with E-state index in [1.165, 1.54) is 18.4 Å². The lowest BCUT2D eigenvalue weighted by Gasteiger charge is -2.05. The van der Waals surface area contributed by atoms with Gasteiger partial charge in [-0.2, -0.15) is 5.10 Å². The summed E-state index contributed by atoms with van der Waals surface area (Å²) in [5.41, 5.74) is 2.35. The maximum absolute atomic E-state index is 4.68. The number of hydrogen-bond acceptors (Lipinski definition) is 3. The van der Waals surface area contributed by atoms with Crippen molar-refractivity contribution in [2.24, 2.45) is 0 Å². The molecule has 24 heavy (non-hydrogen) atoms. The third-order valence-corrected chi connectivity index (χ3v) is 4.28. The summed E-state index contributed by atoms with van der Waals surface area (Å²) < 4.78 is 2.01. The zero-order valence-corrected chi connectivity index (χ0v) is 14.4. The zero-order valence-electron chi connectivity index (χ0n) is 14.4. The summed E-state index contributed by atoms with van der Waals surface area (Å²) in [6.45, 7) is 3.10. The predicted molar refractivity (Wildman–Crippen MR) is 96.8 cm³/mol. The summed E-state index contributed by atoms with van der Waals surface area (Å²) >= 11 is 0. The summed E-state index contributed by atoms with van der Waals surface area (Å²) in [5.74, 6) is 0.884. The van der Waals surface area contributed by atoms with E-state index in [2.05, 4.69) is 58.5 Å². The van der Waals surface area contributed by atoms with E-state index in [1.54, 1.807) is 0 Å². The molecule has 0 amide bonds. The third kappa shape index (κ3) is 4.40. The highest BCUT2D eigenvalue weighted by Gasteiger charge is 2.07. The van der Waals surface area contributed by atoms with Gasteiger partial charge in [0, 0.05) is 13.0 Å². The molecule has 1 radical (unpaired) electrons. The van der Waals surface area contributed by atoms with Crippen molar-refractivity contribution in [2.75, 3.05) is 0 Å². The minimum atomic E-state index is 0.884. The van der Waals surface area contributed by atoms with Crippen molar-refractivity contribution in [2.45, 2.75) is 58.4 Å². The lowest BCUT2D eigenvalue weighted by Crippen LogP contribution is -2.03. The summed E-state index contributed by atoms with van der Waals surface area (Å²) in [4.78, 5) is 8.99. The average Bonchev–Trinajstić information content (AvgIpc) is 3.03. The monoisotopic (exact) mass is 321 g/mol. The molecule has 0 aliphatic heterocycles. The van der Waals surface area contributed by atoms with Crippen molar-refractivity contribution in [1.82, 2.24) is 19.7 Å². The average molecular weight is 321 g/mol. The second-order valence-electron chi connectivity index (χ2n) is 6.26. The van der Waals surface area contributed by atoms with Crippen LogP contribution in [0.25, 0.3) is 11.0 Å². The lowest BCUT2D eigenvalue weighted by atomic mass is 10.1. The Kier molecular flexibility index (Phi) is 5.94. The summed E-state index contributed by atoms with van der Waals surface area (Å²) in [6.07, 6.45) is 12.8. The van der Waals surface area contributed by atoms with Gasteiger partial charge in [-0.25, -0.2) is 14.6 Å². The normalized spacial score (nSPS) is 11.2. The Hall–Kier alpha value is -2.23. The Morgan fingerprint density at radius 2 is 1.88 bits per heavy atom. The highest BCUT2D eigenvalue weighted by atomic mass is 15.3. The minimum absolute atomic E-state index is 0.884. The SMILES string of the molecule is CCCCc1n[c]c2cnn(CCCCCc3ccccc3)c2n1. The molecule has 125 valence electrons. The van der Waals surface area contributed by atoms with Crippen LogP contribution >= 0.6 is 0 Å². The van der Waals surface area contributed by atoms with Crippen LogP contribution in [-0.4, -0.2) is 19.7 Å². The molecule has 0 saturated heterocycles. The number of nitrogens with zero attached hydrogens (tertiary/aromatic N) is 4. The van der Waals surface area contributed by atoms with E-state index < -0.39 is 0 Å². The molecule has 4 nitrogen and oxygen atoms in total. The van der Waals surface area contributed by atoms with Crippen LogP contribution in [0.15, 0.2) is 36.5 Å². The molecule has 0 atom stereocenters. The van der Waals surface area contributed by atoms with Crippen molar-refractivity contribution in [3.05, 3.63) is 54.1 Å². The Bertz CT molecular complexity index is 749. The van der Waals surface area contributed by atoms with E-state index in [0.717, 1.165) is 55.5 Å². The first kappa shape index (κ1) is 16.6. The van der Waals surface area contributed by atoms with Gasteiger partial charge in [-0.3, -0.25) is 0 Å². The van der Waals surface area contributed by atoms with Crippen LogP contribution in [0.1, 0.15) is 50.4 Å². The molecule has 3 rings (SSSR count). The maximum Gasteiger partial charge on any atom is 0.162 e. The molecule has 2 heterocycles. The van der Waals surface area contributed by atoms with Crippen molar-refractivity contribution in [3.8, 4) is 0 Å². The van der Waals surface area contributed by atoms with Crippen LogP contribution in [0.3, 0.4) is 0 Å². The number of benzene rings is 1. The molecular weight excluding hydrogens is 296 g/mol. The number of aryl methyl sites for hydroxylation is 3. The lowest BCUT2D eigenvalue weighted by molar-refractivity contribution is 0.553. The van der Waals surface area contributed by atoms with Crippen LogP contribution < -0.4 is 0 Å². The van der Waals surface area contributed by atoms with Gasteiger partial charge < -0.3 is 0 Å². The first-order valence-corrected chi connectivity index (χ1v) is 9.01. The van der Waals surface area contributed by atoms with Crippen LogP contribution in [-0.2, 0) is 19.4 Å². The Morgan fingerprint density at radius 3 is 2.71 bits per heavy atom. The van der Waals surface area contributed by atoms with E-state index in [9.17, 15) is 0 Å². The fraction of sp³-hybridized carbons (Fsp3) is 0.450. The van der Waals surface area contributed by atoms with E-state index in [-0.39, 0.29) is 0 Å². The Balaban J connectivity index is 1.51. The summed E-state index contributed by atoms with van der Waals surface area (Å²) in [5, 5.41) is 5.37. The predicted octanol–water partition coefficient (Wildman–Crippen LogP) is 4.38. The topological polar surface area (TPSA) is 43.6 Å². The second-order valence-corrected chi connectivity index (χ2v) is 6.26. The fourth-order valence-electron chi connectivity index (χ4n) is 2.87. The Labute approximate surface area is 144 Å². The molecule has 0 aliphatic rings. The number of aromatic nitrogens is 4. The van der Waals surface area contributed by atoms with E-state index in [1.807, 2.05) is 10.9 Å². The molecule has 0 fully saturated rings. The largest absolute Gasteiger partial charge is 0.247 e. The van der Waals surface area contributed by atoms with Crippen molar-refractivity contribution >= 4 is 11.0 Å². The van der Waals surface area contributed by atoms with Gasteiger partial charge in [0.1, 0.15) is 12.0 Å². The van der Waals surface area contributed by atoms with Crippen LogP contribution in [0, 0.1) is 6.20 Å². The van der Waals surface area contributed by atoms with Gasteiger partial charge in [-0.05, 0) is 31.2 Å². The molecule has 1 aromatic carbocycles. The third-order valence-electron chi connectivity index (χ3n) is 4.28. The number of unbranched alkanes of at least 4 members (excludes halogenated alkanes) is 3. The molecule has 0 unspecified atom stereocenters. The van der Waals surface area contributed by atoms with Gasteiger partial charge in [0.05, 0.1) is 11.6 Å². The van der Waals surface area contributed by atoms with Gasteiger partial charge in [-0.1, -0.05) is 50.1 Å². The first-order chi connectivity index (χ1) is 11.9. The molecular formula is C20H25N4. The van der Waals surface area contributed by atoms with Crippen LogP contribution in [0.5, 0.6) is 0 Å². The van der Waals surface area contributed by atoms with Crippen molar-refractivity contribution in [1.29, 1.82) is 0 Å². The van der Waals surface area contributed by atoms with E-state index >= 15 is 0 Å². The quantitative estimate of drug-likeness (QED) is 0.549. The number of rotatable bonds is 9. The molecule has 4 heteroatoms. The van der Waals surface area contributed by atoms with Crippen LogP contribution in [0.2, 0.25) is 0 Å². The molecule has 2 aromatic heterocycles. The maximum atomic E-state index is 4.68. The van der Waals surface area contributed by atoms with Crippen molar-refractivity contribution < 1.29 is 0 Å². The highest BCUT2D eigenvalue weighted by molar-refractivity contribution is 5.72. The molecule has 0 bridgehead atoms. The van der Waals surface area contributed by atoms with Gasteiger partial charge >= 0.3 is 0 Å². The smallest absolute Gasteiger partial charge is 0.162 e. The number of hydrogen-bond donors (Lipinski definition) is 0. The highest BCUT2D eigenvalue weighted by Crippen LogP contribution is 2.13. The first-order valence-electron chi connectivity index (χ1n) is 9.01. The minimum Gasteiger partial charge on any atom is -0.247 e. The van der Waals surface area contributed by atoms with Gasteiger partial charge in [-0.15, -0.1) is 0 Å². The van der Waals surface area contributed by atoms with Gasteiger partial charge in [0.25, 0.3) is 0 Å². The van der Waals surface area contributed by atoms with Gasteiger partial charge in [0.15, 0.2) is 5.65 Å². The molecule has 0 spiro atoms. The Morgan fingerprint density at radius 1 is 1.00 bits per heavy atom. The van der Waals surface area contributed by atoms with Gasteiger partial charge in [0.2, 0.25) is 0 Å². The summed E-state index contributed by atoms with van der Waals surface area (Å²) in [7, 11) is 0. The van der Waals surface area contributed by atoms with Crippen LogP contribution in [0.4, 0.5) is 0 Å². The second kappa shape index (κ2) is 8.57. The zero-order chi connectivity index (χ0) is 16.6. The molecule has 3 aromatic rings. The van der Waals surface area contributed by atoms with Crippen molar-refractivity contribution in [3.63, 3.8) is 0 Å². The van der Waals surface area contributed by atoms with E-state index in [0.29, 0.717) is 0 Å². The molecule has 0 saturated carbocycles. The molecule has 0 aliphatic carbocycles.